The average molecular weight is 417 g/mol. The van der Waals surface area contributed by atoms with Gasteiger partial charge in [-0.05, 0) is 56.7 Å². The van der Waals surface area contributed by atoms with Crippen molar-refractivity contribution in [1.82, 2.24) is 14.9 Å². The van der Waals surface area contributed by atoms with Gasteiger partial charge in [0.25, 0.3) is 5.91 Å². The van der Waals surface area contributed by atoms with Crippen molar-refractivity contribution < 1.29 is 9.53 Å². The van der Waals surface area contributed by atoms with Crippen LogP contribution in [-0.2, 0) is 11.3 Å². The van der Waals surface area contributed by atoms with Gasteiger partial charge in [-0.15, -0.1) is 0 Å². The molecule has 0 bridgehead atoms. The summed E-state index contributed by atoms with van der Waals surface area (Å²) in [5.74, 6) is 0.587. The normalized spacial score (nSPS) is 19.2. The van der Waals surface area contributed by atoms with Gasteiger partial charge in [0, 0.05) is 42.6 Å². The van der Waals surface area contributed by atoms with E-state index in [1.165, 1.54) is 5.56 Å². The molecule has 2 aromatic carbocycles. The number of aromatic nitrogens is 2. The minimum absolute atomic E-state index is 0.129. The Balaban J connectivity index is 1.40. The van der Waals surface area contributed by atoms with Gasteiger partial charge in [0.1, 0.15) is 5.82 Å². The topological polar surface area (TPSA) is 67.4 Å². The first kappa shape index (κ1) is 21.2. The third-order valence-corrected chi connectivity index (χ3v) is 5.31. The summed E-state index contributed by atoms with van der Waals surface area (Å²) >= 11 is 0. The summed E-state index contributed by atoms with van der Waals surface area (Å²) in [5.41, 5.74) is 4.33. The first-order chi connectivity index (χ1) is 15.0. The van der Waals surface area contributed by atoms with Gasteiger partial charge in [-0.1, -0.05) is 24.3 Å². The van der Waals surface area contributed by atoms with Gasteiger partial charge in [-0.3, -0.25) is 9.69 Å². The number of rotatable bonds is 5. The number of anilines is 1. The standard InChI is InChI=1S/C25H28N4O2/c1-17-14-29(15-18(2)31-17)16-20-7-9-21(10-8-20)25(30)28-23-6-4-5-22(13-23)24-11-12-26-19(3)27-24/h4-13,17-18H,14-16H2,1-3H3,(H,28,30)/t17-,18-/m1/s1. The van der Waals surface area contributed by atoms with Crippen molar-refractivity contribution in [1.29, 1.82) is 0 Å². The Morgan fingerprint density at radius 2 is 1.84 bits per heavy atom. The maximum Gasteiger partial charge on any atom is 0.255 e. The van der Waals surface area contributed by atoms with Crippen molar-refractivity contribution >= 4 is 11.6 Å². The summed E-state index contributed by atoms with van der Waals surface area (Å²) in [6, 6.07) is 17.4. The van der Waals surface area contributed by atoms with Gasteiger partial charge in [0.2, 0.25) is 0 Å². The summed E-state index contributed by atoms with van der Waals surface area (Å²) in [6.07, 6.45) is 2.23. The van der Waals surface area contributed by atoms with Crippen molar-refractivity contribution in [2.75, 3.05) is 18.4 Å². The van der Waals surface area contributed by atoms with Gasteiger partial charge >= 0.3 is 0 Å². The molecule has 4 rings (SSSR count). The number of morpholine rings is 1. The highest BCUT2D eigenvalue weighted by atomic mass is 16.5. The fourth-order valence-electron chi connectivity index (χ4n) is 4.01. The molecule has 2 heterocycles. The molecule has 0 saturated carbocycles. The Morgan fingerprint density at radius 1 is 1.10 bits per heavy atom. The molecule has 2 atom stereocenters. The Hall–Kier alpha value is -3.09. The van der Waals surface area contributed by atoms with E-state index in [1.807, 2.05) is 61.5 Å². The second-order valence-electron chi connectivity index (χ2n) is 8.17. The smallest absolute Gasteiger partial charge is 0.255 e. The van der Waals surface area contributed by atoms with Crippen LogP contribution in [0.3, 0.4) is 0 Å². The molecule has 6 heteroatoms. The number of nitrogens with one attached hydrogen (secondary N) is 1. The zero-order chi connectivity index (χ0) is 21.8. The van der Waals surface area contributed by atoms with Gasteiger partial charge in [-0.2, -0.15) is 0 Å². The average Bonchev–Trinajstić information content (AvgIpc) is 2.74. The number of benzene rings is 2. The molecule has 3 aromatic rings. The summed E-state index contributed by atoms with van der Waals surface area (Å²) in [7, 11) is 0. The minimum atomic E-state index is -0.129. The molecule has 1 aromatic heterocycles. The van der Waals surface area contributed by atoms with Crippen LogP contribution in [0, 0.1) is 6.92 Å². The van der Waals surface area contributed by atoms with Gasteiger partial charge in [-0.25, -0.2) is 9.97 Å². The molecule has 6 nitrogen and oxygen atoms in total. The Kier molecular flexibility index (Phi) is 6.39. The fourth-order valence-corrected chi connectivity index (χ4v) is 4.01. The van der Waals surface area contributed by atoms with E-state index in [9.17, 15) is 4.79 Å². The van der Waals surface area contributed by atoms with E-state index in [0.717, 1.165) is 36.6 Å². The van der Waals surface area contributed by atoms with E-state index in [2.05, 4.69) is 34.0 Å². The van der Waals surface area contributed by atoms with Gasteiger partial charge in [0.15, 0.2) is 0 Å². The molecule has 31 heavy (non-hydrogen) atoms. The quantitative estimate of drug-likeness (QED) is 0.671. The molecule has 1 aliphatic rings. The zero-order valence-corrected chi connectivity index (χ0v) is 18.2. The van der Waals surface area contributed by atoms with Crippen molar-refractivity contribution in [3.63, 3.8) is 0 Å². The van der Waals surface area contributed by atoms with E-state index < -0.39 is 0 Å². The number of amides is 1. The molecule has 0 aliphatic carbocycles. The molecule has 0 unspecified atom stereocenters. The lowest BCUT2D eigenvalue weighted by Crippen LogP contribution is -2.44. The SMILES string of the molecule is Cc1nccc(-c2cccc(NC(=O)c3ccc(CN4C[C@@H](C)O[C@H](C)C4)cc3)c2)n1. The first-order valence-electron chi connectivity index (χ1n) is 10.6. The third kappa shape index (κ3) is 5.54. The molecule has 1 aliphatic heterocycles. The highest BCUT2D eigenvalue weighted by Gasteiger charge is 2.22. The van der Waals surface area contributed by atoms with Crippen molar-refractivity contribution in [2.45, 2.75) is 39.5 Å². The van der Waals surface area contributed by atoms with Gasteiger partial charge in [0.05, 0.1) is 17.9 Å². The summed E-state index contributed by atoms with van der Waals surface area (Å²) in [5, 5.41) is 2.99. The summed E-state index contributed by atoms with van der Waals surface area (Å²) in [4.78, 5) is 23.7. The number of hydrogen-bond donors (Lipinski definition) is 1. The van der Waals surface area contributed by atoms with Gasteiger partial charge < -0.3 is 10.1 Å². The van der Waals surface area contributed by atoms with Crippen LogP contribution in [0.5, 0.6) is 0 Å². The number of aryl methyl sites for hydroxylation is 1. The summed E-state index contributed by atoms with van der Waals surface area (Å²) < 4.78 is 5.80. The molecule has 1 fully saturated rings. The van der Waals surface area contributed by atoms with E-state index in [0.29, 0.717) is 11.4 Å². The molecule has 1 N–H and O–H groups in total. The molecule has 1 saturated heterocycles. The number of carbonyl (C=O) groups excluding carboxylic acids is 1. The first-order valence-corrected chi connectivity index (χ1v) is 10.6. The number of ether oxygens (including phenoxy) is 1. The van der Waals surface area contributed by atoms with Crippen LogP contribution < -0.4 is 5.32 Å². The van der Waals surface area contributed by atoms with Crippen LogP contribution in [-0.4, -0.2) is 46.1 Å². The van der Waals surface area contributed by atoms with Crippen molar-refractivity contribution in [3.05, 3.63) is 77.7 Å². The molecule has 0 spiro atoms. The minimum Gasteiger partial charge on any atom is -0.373 e. The lowest BCUT2D eigenvalue weighted by molar-refractivity contribution is -0.0704. The van der Waals surface area contributed by atoms with Crippen LogP contribution in [0.25, 0.3) is 11.3 Å². The van der Waals surface area contributed by atoms with Crippen molar-refractivity contribution in [2.24, 2.45) is 0 Å². The van der Waals surface area contributed by atoms with E-state index in [1.54, 1.807) is 6.20 Å². The highest BCUT2D eigenvalue weighted by Crippen LogP contribution is 2.21. The number of nitrogens with zero attached hydrogens (tertiary/aromatic N) is 3. The van der Waals surface area contributed by atoms with E-state index in [4.69, 9.17) is 4.74 Å². The number of hydrogen-bond acceptors (Lipinski definition) is 5. The monoisotopic (exact) mass is 416 g/mol. The van der Waals surface area contributed by atoms with Crippen LogP contribution in [0.1, 0.15) is 35.6 Å². The Morgan fingerprint density at radius 3 is 2.55 bits per heavy atom. The largest absolute Gasteiger partial charge is 0.373 e. The van der Waals surface area contributed by atoms with E-state index in [-0.39, 0.29) is 18.1 Å². The van der Waals surface area contributed by atoms with E-state index >= 15 is 0 Å². The summed E-state index contributed by atoms with van der Waals surface area (Å²) in [6.45, 7) is 8.79. The second kappa shape index (κ2) is 9.37. The zero-order valence-electron chi connectivity index (χ0n) is 18.2. The molecule has 160 valence electrons. The maximum atomic E-state index is 12.7. The lowest BCUT2D eigenvalue weighted by Gasteiger charge is -2.35. The Labute approximate surface area is 183 Å². The van der Waals surface area contributed by atoms with Crippen LogP contribution in [0.15, 0.2) is 60.8 Å². The predicted molar refractivity (Wildman–Crippen MR) is 122 cm³/mol. The fraction of sp³-hybridized carbons (Fsp3) is 0.320. The van der Waals surface area contributed by atoms with Crippen LogP contribution in [0.4, 0.5) is 5.69 Å². The second-order valence-corrected chi connectivity index (χ2v) is 8.17. The molecular weight excluding hydrogens is 388 g/mol. The molecular formula is C25H28N4O2. The predicted octanol–water partition coefficient (Wildman–Crippen LogP) is 4.31. The third-order valence-electron chi connectivity index (χ3n) is 5.31. The van der Waals surface area contributed by atoms with Crippen LogP contribution in [0.2, 0.25) is 0 Å². The molecule has 1 amide bonds. The Bertz CT molecular complexity index is 1040. The van der Waals surface area contributed by atoms with Crippen molar-refractivity contribution in [3.8, 4) is 11.3 Å². The maximum absolute atomic E-state index is 12.7. The molecule has 0 radical (unpaired) electrons. The lowest BCUT2D eigenvalue weighted by atomic mass is 10.1. The highest BCUT2D eigenvalue weighted by molar-refractivity contribution is 6.04. The van der Waals surface area contributed by atoms with Crippen LogP contribution >= 0.6 is 0 Å². The number of carbonyl (C=O) groups is 1.